The van der Waals surface area contributed by atoms with E-state index in [2.05, 4.69) is 21.8 Å². The standard InChI is InChI=1S/C10H13N3/c11-6-4-2-1-3-5-10-7-12-9-13-8-10/h7-9H,1-2,4,6,11H2. The van der Waals surface area contributed by atoms with Gasteiger partial charge in [0.05, 0.1) is 5.56 Å². The van der Waals surface area contributed by atoms with Gasteiger partial charge in [0.1, 0.15) is 6.33 Å². The van der Waals surface area contributed by atoms with Crippen LogP contribution in [0.5, 0.6) is 0 Å². The van der Waals surface area contributed by atoms with Crippen molar-refractivity contribution in [1.29, 1.82) is 0 Å². The molecule has 0 spiro atoms. The summed E-state index contributed by atoms with van der Waals surface area (Å²) in [6, 6.07) is 0. The summed E-state index contributed by atoms with van der Waals surface area (Å²) in [5.41, 5.74) is 6.22. The summed E-state index contributed by atoms with van der Waals surface area (Å²) in [6.07, 6.45) is 7.93. The summed E-state index contributed by atoms with van der Waals surface area (Å²) in [5, 5.41) is 0. The first-order valence-electron chi connectivity index (χ1n) is 4.37. The lowest BCUT2D eigenvalue weighted by molar-refractivity contribution is 0.768. The average Bonchev–Trinajstić information content (AvgIpc) is 2.19. The Morgan fingerprint density at radius 1 is 1.23 bits per heavy atom. The monoisotopic (exact) mass is 175 g/mol. The minimum absolute atomic E-state index is 0.746. The smallest absolute Gasteiger partial charge is 0.115 e. The average molecular weight is 175 g/mol. The van der Waals surface area contributed by atoms with E-state index >= 15 is 0 Å². The first-order valence-corrected chi connectivity index (χ1v) is 4.37. The molecule has 0 radical (unpaired) electrons. The highest BCUT2D eigenvalue weighted by Crippen LogP contribution is 1.93. The Labute approximate surface area is 78.4 Å². The van der Waals surface area contributed by atoms with Crippen LogP contribution in [0.15, 0.2) is 18.7 Å². The van der Waals surface area contributed by atoms with Crippen LogP contribution in [0.25, 0.3) is 0 Å². The lowest BCUT2D eigenvalue weighted by Gasteiger charge is -1.89. The van der Waals surface area contributed by atoms with Gasteiger partial charge in [-0.2, -0.15) is 0 Å². The van der Waals surface area contributed by atoms with E-state index in [4.69, 9.17) is 5.73 Å². The maximum Gasteiger partial charge on any atom is 0.115 e. The minimum atomic E-state index is 0.746. The topological polar surface area (TPSA) is 51.8 Å². The van der Waals surface area contributed by atoms with Crippen LogP contribution >= 0.6 is 0 Å². The van der Waals surface area contributed by atoms with Crippen molar-refractivity contribution in [2.45, 2.75) is 19.3 Å². The molecule has 13 heavy (non-hydrogen) atoms. The van der Waals surface area contributed by atoms with Crippen molar-refractivity contribution in [2.75, 3.05) is 6.54 Å². The predicted octanol–water partition coefficient (Wildman–Crippen LogP) is 0.957. The molecule has 0 atom stereocenters. The van der Waals surface area contributed by atoms with Crippen molar-refractivity contribution < 1.29 is 0 Å². The molecule has 0 bridgehead atoms. The lowest BCUT2D eigenvalue weighted by Crippen LogP contribution is -1.96. The van der Waals surface area contributed by atoms with Gasteiger partial charge in [0.2, 0.25) is 0 Å². The molecule has 1 heterocycles. The molecule has 0 aliphatic rings. The van der Waals surface area contributed by atoms with E-state index in [1.165, 1.54) is 6.33 Å². The zero-order valence-corrected chi connectivity index (χ0v) is 7.53. The highest BCUT2D eigenvalue weighted by Gasteiger charge is 1.84. The van der Waals surface area contributed by atoms with E-state index in [0.717, 1.165) is 31.4 Å². The van der Waals surface area contributed by atoms with Crippen molar-refractivity contribution in [1.82, 2.24) is 9.97 Å². The number of nitrogens with zero attached hydrogens (tertiary/aromatic N) is 2. The summed E-state index contributed by atoms with van der Waals surface area (Å²) in [4.78, 5) is 7.73. The Morgan fingerprint density at radius 3 is 2.69 bits per heavy atom. The largest absolute Gasteiger partial charge is 0.330 e. The quantitative estimate of drug-likeness (QED) is 0.550. The summed E-state index contributed by atoms with van der Waals surface area (Å²) in [7, 11) is 0. The van der Waals surface area contributed by atoms with Crippen molar-refractivity contribution in [3.05, 3.63) is 24.3 Å². The van der Waals surface area contributed by atoms with Crippen LogP contribution in [-0.4, -0.2) is 16.5 Å². The van der Waals surface area contributed by atoms with Crippen LogP contribution in [0.1, 0.15) is 24.8 Å². The van der Waals surface area contributed by atoms with Gasteiger partial charge >= 0.3 is 0 Å². The van der Waals surface area contributed by atoms with Crippen LogP contribution in [0.4, 0.5) is 0 Å². The highest BCUT2D eigenvalue weighted by molar-refractivity contribution is 5.28. The molecule has 0 amide bonds. The SMILES string of the molecule is NCCCCC#Cc1cncnc1. The third-order valence-electron chi connectivity index (χ3n) is 1.55. The predicted molar refractivity (Wildman–Crippen MR) is 51.8 cm³/mol. The molecule has 0 fully saturated rings. The lowest BCUT2D eigenvalue weighted by atomic mass is 10.2. The second-order valence-electron chi connectivity index (χ2n) is 2.67. The van der Waals surface area contributed by atoms with E-state index in [1.54, 1.807) is 12.4 Å². The number of rotatable bonds is 3. The molecule has 1 aromatic rings. The molecule has 3 nitrogen and oxygen atoms in total. The molecule has 0 aliphatic heterocycles. The molecule has 68 valence electrons. The maximum absolute atomic E-state index is 5.35. The van der Waals surface area contributed by atoms with E-state index in [9.17, 15) is 0 Å². The first-order chi connectivity index (χ1) is 6.43. The number of nitrogens with two attached hydrogens (primary N) is 1. The zero-order valence-electron chi connectivity index (χ0n) is 7.53. The molecular formula is C10H13N3. The molecule has 1 aromatic heterocycles. The Bertz CT molecular complexity index is 284. The van der Waals surface area contributed by atoms with Gasteiger partial charge in [0, 0.05) is 18.8 Å². The summed E-state index contributed by atoms with van der Waals surface area (Å²) in [5.74, 6) is 6.04. The minimum Gasteiger partial charge on any atom is -0.330 e. The second kappa shape index (κ2) is 6.15. The van der Waals surface area contributed by atoms with Gasteiger partial charge in [-0.25, -0.2) is 9.97 Å². The second-order valence-corrected chi connectivity index (χ2v) is 2.67. The van der Waals surface area contributed by atoms with Gasteiger partial charge in [-0.05, 0) is 19.4 Å². The van der Waals surface area contributed by atoms with E-state index in [0.29, 0.717) is 0 Å². The molecule has 0 unspecified atom stereocenters. The highest BCUT2D eigenvalue weighted by atomic mass is 14.8. The van der Waals surface area contributed by atoms with E-state index < -0.39 is 0 Å². The van der Waals surface area contributed by atoms with Gasteiger partial charge in [-0.3, -0.25) is 0 Å². The van der Waals surface area contributed by atoms with Crippen molar-refractivity contribution in [3.63, 3.8) is 0 Å². The number of aromatic nitrogens is 2. The number of hydrogen-bond donors (Lipinski definition) is 1. The van der Waals surface area contributed by atoms with Gasteiger partial charge in [-0.1, -0.05) is 11.8 Å². The van der Waals surface area contributed by atoms with Crippen LogP contribution in [-0.2, 0) is 0 Å². The van der Waals surface area contributed by atoms with Gasteiger partial charge < -0.3 is 5.73 Å². The summed E-state index contributed by atoms with van der Waals surface area (Å²) in [6.45, 7) is 0.746. The Balaban J connectivity index is 2.31. The third kappa shape index (κ3) is 4.24. The fraction of sp³-hybridized carbons (Fsp3) is 0.400. The van der Waals surface area contributed by atoms with E-state index in [-0.39, 0.29) is 0 Å². The van der Waals surface area contributed by atoms with Crippen molar-refractivity contribution >= 4 is 0 Å². The third-order valence-corrected chi connectivity index (χ3v) is 1.55. The number of hydrogen-bond acceptors (Lipinski definition) is 3. The fourth-order valence-electron chi connectivity index (χ4n) is 0.886. The zero-order chi connectivity index (χ0) is 9.36. The Hall–Kier alpha value is -1.40. The van der Waals surface area contributed by atoms with Crippen molar-refractivity contribution in [3.8, 4) is 11.8 Å². The van der Waals surface area contributed by atoms with Crippen LogP contribution < -0.4 is 5.73 Å². The van der Waals surface area contributed by atoms with Crippen LogP contribution in [0, 0.1) is 11.8 Å². The molecule has 3 heteroatoms. The summed E-state index contributed by atoms with van der Waals surface area (Å²) >= 11 is 0. The normalized spacial score (nSPS) is 9.00. The van der Waals surface area contributed by atoms with Gasteiger partial charge in [0.25, 0.3) is 0 Å². The van der Waals surface area contributed by atoms with Gasteiger partial charge in [0.15, 0.2) is 0 Å². The summed E-state index contributed by atoms with van der Waals surface area (Å²) < 4.78 is 0. The first kappa shape index (κ1) is 9.69. The maximum atomic E-state index is 5.35. The molecule has 0 aliphatic carbocycles. The molecule has 2 N–H and O–H groups in total. The Kier molecular flexibility index (Phi) is 4.58. The van der Waals surface area contributed by atoms with E-state index in [1.807, 2.05) is 0 Å². The Morgan fingerprint density at radius 2 is 2.00 bits per heavy atom. The number of unbranched alkanes of at least 4 members (excludes halogenated alkanes) is 2. The molecule has 0 saturated carbocycles. The van der Waals surface area contributed by atoms with Gasteiger partial charge in [-0.15, -0.1) is 0 Å². The molecule has 1 rings (SSSR count). The molecule has 0 saturated heterocycles. The van der Waals surface area contributed by atoms with Crippen molar-refractivity contribution in [2.24, 2.45) is 5.73 Å². The molecular weight excluding hydrogens is 162 g/mol. The van der Waals surface area contributed by atoms with Crippen LogP contribution in [0.2, 0.25) is 0 Å². The fourth-order valence-corrected chi connectivity index (χ4v) is 0.886. The molecule has 0 aromatic carbocycles. The van der Waals surface area contributed by atoms with Crippen LogP contribution in [0.3, 0.4) is 0 Å².